The molecule has 1 aliphatic heterocycles. The maximum Gasteiger partial charge on any atom is 0.0707 e. The molecule has 1 unspecified atom stereocenters. The van der Waals surface area contributed by atoms with Gasteiger partial charge in [0, 0.05) is 19.0 Å². The Kier molecular flexibility index (Phi) is 5.75. The first-order valence-corrected chi connectivity index (χ1v) is 7.45. The number of hydrogen-bond acceptors (Lipinski definition) is 2. The van der Waals surface area contributed by atoms with Crippen LogP contribution in [-0.2, 0) is 4.74 Å². The van der Waals surface area contributed by atoms with Crippen molar-refractivity contribution in [3.05, 3.63) is 0 Å². The molecule has 1 saturated heterocycles. The van der Waals surface area contributed by atoms with Crippen LogP contribution in [0.1, 0.15) is 53.4 Å². The maximum absolute atomic E-state index is 6.09. The number of alkyl halides is 1. The van der Waals surface area contributed by atoms with Gasteiger partial charge in [-0.1, -0.05) is 13.8 Å². The van der Waals surface area contributed by atoms with Crippen molar-refractivity contribution >= 4 is 11.6 Å². The summed E-state index contributed by atoms with van der Waals surface area (Å²) in [5.41, 5.74) is 0.334. The smallest absolute Gasteiger partial charge is 0.0707 e. The van der Waals surface area contributed by atoms with Crippen molar-refractivity contribution in [2.45, 2.75) is 65.1 Å². The van der Waals surface area contributed by atoms with Crippen LogP contribution in [-0.4, -0.2) is 30.7 Å². The van der Waals surface area contributed by atoms with E-state index in [1.807, 2.05) is 0 Å². The number of halogens is 1. The van der Waals surface area contributed by atoms with Crippen molar-refractivity contribution < 1.29 is 4.74 Å². The summed E-state index contributed by atoms with van der Waals surface area (Å²) in [6.45, 7) is 10.8. The van der Waals surface area contributed by atoms with E-state index in [9.17, 15) is 0 Å². The highest BCUT2D eigenvalue weighted by atomic mass is 35.5. The molecular weight excluding hydrogens is 234 g/mol. The zero-order chi connectivity index (χ0) is 12.9. The summed E-state index contributed by atoms with van der Waals surface area (Å²) < 4.78 is 5.97. The summed E-state index contributed by atoms with van der Waals surface area (Å²) in [6.07, 6.45) is 4.99. The minimum atomic E-state index is 0.0748. The van der Waals surface area contributed by atoms with Crippen LogP contribution >= 0.6 is 11.6 Å². The summed E-state index contributed by atoms with van der Waals surface area (Å²) in [6, 6.07) is 0. The first-order valence-electron chi connectivity index (χ1n) is 6.91. The minimum absolute atomic E-state index is 0.0748. The van der Waals surface area contributed by atoms with Crippen molar-refractivity contribution in [2.24, 2.45) is 5.41 Å². The molecule has 0 radical (unpaired) electrons. The van der Waals surface area contributed by atoms with Crippen LogP contribution in [0.3, 0.4) is 0 Å². The molecule has 3 heteroatoms. The van der Waals surface area contributed by atoms with Gasteiger partial charge in [0.25, 0.3) is 0 Å². The summed E-state index contributed by atoms with van der Waals surface area (Å²) in [7, 11) is 0. The first kappa shape index (κ1) is 15.3. The number of hydrogen-bond donors (Lipinski definition) is 1. The fourth-order valence-electron chi connectivity index (χ4n) is 2.46. The molecule has 1 rings (SSSR count). The Balaban J connectivity index is 2.28. The lowest BCUT2D eigenvalue weighted by Gasteiger charge is -2.30. The molecule has 0 bridgehead atoms. The predicted molar refractivity (Wildman–Crippen MR) is 74.8 cm³/mol. The molecule has 0 aliphatic carbocycles. The van der Waals surface area contributed by atoms with Gasteiger partial charge in [-0.2, -0.15) is 0 Å². The highest BCUT2D eigenvalue weighted by Crippen LogP contribution is 2.30. The molecule has 2 nitrogen and oxygen atoms in total. The molecule has 1 heterocycles. The van der Waals surface area contributed by atoms with Gasteiger partial charge < -0.3 is 10.1 Å². The summed E-state index contributed by atoms with van der Waals surface area (Å²) in [4.78, 5) is 0. The number of rotatable bonds is 7. The molecule has 0 aromatic heterocycles. The van der Waals surface area contributed by atoms with Gasteiger partial charge in [0.2, 0.25) is 0 Å². The van der Waals surface area contributed by atoms with Crippen LogP contribution in [0.25, 0.3) is 0 Å². The minimum Gasteiger partial charge on any atom is -0.371 e. The van der Waals surface area contributed by atoms with Gasteiger partial charge in [-0.25, -0.2) is 0 Å². The third kappa shape index (κ3) is 4.42. The number of ether oxygens (including phenoxy) is 1. The highest BCUT2D eigenvalue weighted by molar-refractivity contribution is 6.18. The summed E-state index contributed by atoms with van der Waals surface area (Å²) in [5, 5.41) is 3.55. The Hall–Kier alpha value is 0.210. The summed E-state index contributed by atoms with van der Waals surface area (Å²) >= 11 is 6.09. The molecule has 1 fully saturated rings. The van der Waals surface area contributed by atoms with Gasteiger partial charge in [-0.15, -0.1) is 11.6 Å². The van der Waals surface area contributed by atoms with Gasteiger partial charge in [0.15, 0.2) is 0 Å². The molecule has 1 aliphatic rings. The van der Waals surface area contributed by atoms with Crippen molar-refractivity contribution in [3.63, 3.8) is 0 Å². The van der Waals surface area contributed by atoms with Gasteiger partial charge in [-0.3, -0.25) is 0 Å². The van der Waals surface area contributed by atoms with Crippen LogP contribution in [0.15, 0.2) is 0 Å². The van der Waals surface area contributed by atoms with Gasteiger partial charge in [0.1, 0.15) is 0 Å². The van der Waals surface area contributed by atoms with E-state index in [0.717, 1.165) is 31.8 Å². The van der Waals surface area contributed by atoms with Crippen molar-refractivity contribution in [1.82, 2.24) is 5.32 Å². The zero-order valence-corrected chi connectivity index (χ0v) is 12.6. The molecule has 0 aromatic rings. The Bertz CT molecular complexity index is 218. The average molecular weight is 262 g/mol. The Morgan fingerprint density at radius 1 is 1.35 bits per heavy atom. The van der Waals surface area contributed by atoms with Gasteiger partial charge in [0.05, 0.1) is 11.7 Å². The normalized spacial score (nSPS) is 24.2. The lowest BCUT2D eigenvalue weighted by molar-refractivity contribution is -0.0149. The highest BCUT2D eigenvalue weighted by Gasteiger charge is 2.32. The van der Waals surface area contributed by atoms with E-state index < -0.39 is 0 Å². The van der Waals surface area contributed by atoms with E-state index >= 15 is 0 Å². The van der Waals surface area contributed by atoms with E-state index in [0.29, 0.717) is 6.10 Å². The largest absolute Gasteiger partial charge is 0.371 e. The molecular formula is C14H28ClNO. The van der Waals surface area contributed by atoms with Crippen molar-refractivity contribution in [2.75, 3.05) is 19.0 Å². The monoisotopic (exact) mass is 261 g/mol. The SMILES string of the molecule is CCC(CC)(CCl)CNCC1CCC(C)(C)O1. The zero-order valence-electron chi connectivity index (χ0n) is 11.8. The predicted octanol–water partition coefficient (Wildman–Crippen LogP) is 3.58. The lowest BCUT2D eigenvalue weighted by Crippen LogP contribution is -2.39. The van der Waals surface area contributed by atoms with E-state index in [1.165, 1.54) is 12.8 Å². The van der Waals surface area contributed by atoms with Crippen LogP contribution in [0.5, 0.6) is 0 Å². The molecule has 102 valence electrons. The fraction of sp³-hybridized carbons (Fsp3) is 1.00. The number of nitrogens with one attached hydrogen (secondary N) is 1. The van der Waals surface area contributed by atoms with Crippen LogP contribution in [0.2, 0.25) is 0 Å². The molecule has 0 saturated carbocycles. The molecule has 17 heavy (non-hydrogen) atoms. The van der Waals surface area contributed by atoms with E-state index in [1.54, 1.807) is 0 Å². The van der Waals surface area contributed by atoms with Gasteiger partial charge in [-0.05, 0) is 44.9 Å². The standard InChI is InChI=1S/C14H28ClNO/c1-5-14(6-2,10-15)11-16-9-12-7-8-13(3,4)17-12/h12,16H,5-11H2,1-4H3. The first-order chi connectivity index (χ1) is 7.97. The van der Waals surface area contributed by atoms with Crippen molar-refractivity contribution in [3.8, 4) is 0 Å². The quantitative estimate of drug-likeness (QED) is 0.708. The average Bonchev–Trinajstić information content (AvgIpc) is 2.65. The second kappa shape index (κ2) is 6.40. The molecule has 1 atom stereocenters. The second-order valence-electron chi connectivity index (χ2n) is 6.01. The third-order valence-corrected chi connectivity index (χ3v) is 4.78. The Labute approximate surface area is 111 Å². The lowest BCUT2D eigenvalue weighted by atomic mass is 9.84. The van der Waals surface area contributed by atoms with Crippen LogP contribution in [0, 0.1) is 5.41 Å². The third-order valence-electron chi connectivity index (χ3n) is 4.21. The molecule has 1 N–H and O–H groups in total. The maximum atomic E-state index is 6.09. The van der Waals surface area contributed by atoms with E-state index in [2.05, 4.69) is 33.0 Å². The Morgan fingerprint density at radius 2 is 2.00 bits per heavy atom. The van der Waals surface area contributed by atoms with E-state index in [-0.39, 0.29) is 11.0 Å². The molecule has 0 aromatic carbocycles. The summed E-state index contributed by atoms with van der Waals surface area (Å²) in [5.74, 6) is 0.740. The molecule has 0 amide bonds. The van der Waals surface area contributed by atoms with Crippen LogP contribution in [0.4, 0.5) is 0 Å². The van der Waals surface area contributed by atoms with Gasteiger partial charge >= 0.3 is 0 Å². The van der Waals surface area contributed by atoms with E-state index in [4.69, 9.17) is 16.3 Å². The van der Waals surface area contributed by atoms with Crippen molar-refractivity contribution in [1.29, 1.82) is 0 Å². The Morgan fingerprint density at radius 3 is 2.41 bits per heavy atom. The van der Waals surface area contributed by atoms with Crippen LogP contribution < -0.4 is 5.32 Å². The molecule has 0 spiro atoms. The topological polar surface area (TPSA) is 21.3 Å². The fourth-order valence-corrected chi connectivity index (χ4v) is 2.93. The second-order valence-corrected chi connectivity index (χ2v) is 6.28.